The van der Waals surface area contributed by atoms with Gasteiger partial charge in [-0.05, 0) is 25.2 Å². The van der Waals surface area contributed by atoms with Gasteiger partial charge in [-0.3, -0.25) is 0 Å². The van der Waals surface area contributed by atoms with E-state index < -0.39 is 0 Å². The third-order valence-electron chi connectivity index (χ3n) is 4.45. The fourth-order valence-corrected chi connectivity index (χ4v) is 2.65. The van der Waals surface area contributed by atoms with Crippen LogP contribution in [0.4, 0.5) is 0 Å². The Labute approximate surface area is 119 Å². The molecule has 110 valence electrons. The van der Waals surface area contributed by atoms with E-state index in [4.69, 9.17) is 4.98 Å². The van der Waals surface area contributed by atoms with Gasteiger partial charge in [0.05, 0.1) is 5.69 Å². The van der Waals surface area contributed by atoms with Crippen molar-refractivity contribution in [1.82, 2.24) is 9.97 Å². The normalized spacial score (nSPS) is 15.5. The molecule has 0 spiro atoms. The lowest BCUT2D eigenvalue weighted by atomic mass is 9.81. The molecule has 2 unspecified atom stereocenters. The first-order valence-corrected chi connectivity index (χ1v) is 7.97. The lowest BCUT2D eigenvalue weighted by molar-refractivity contribution is 0.452. The molecule has 1 aromatic heterocycles. The zero-order valence-corrected chi connectivity index (χ0v) is 13.9. The molecule has 0 aromatic carbocycles. The Hall–Kier alpha value is -0.790. The molecule has 19 heavy (non-hydrogen) atoms. The molecule has 0 saturated heterocycles. The van der Waals surface area contributed by atoms with Crippen molar-refractivity contribution in [2.75, 3.05) is 0 Å². The molecule has 0 aliphatic heterocycles. The van der Waals surface area contributed by atoms with E-state index in [1.54, 1.807) is 0 Å². The van der Waals surface area contributed by atoms with Crippen molar-refractivity contribution >= 4 is 0 Å². The minimum absolute atomic E-state index is 0.176. The molecule has 0 bridgehead atoms. The molecule has 1 N–H and O–H groups in total. The van der Waals surface area contributed by atoms with Crippen LogP contribution < -0.4 is 0 Å². The van der Waals surface area contributed by atoms with Crippen molar-refractivity contribution in [3.63, 3.8) is 0 Å². The molecule has 1 aromatic rings. The molecule has 0 aliphatic rings. The van der Waals surface area contributed by atoms with Crippen LogP contribution in [0, 0.1) is 0 Å². The van der Waals surface area contributed by atoms with Gasteiger partial charge in [0.2, 0.25) is 0 Å². The average Bonchev–Trinajstić information content (AvgIpc) is 2.82. The number of nitrogens with zero attached hydrogens (tertiary/aromatic N) is 1. The summed E-state index contributed by atoms with van der Waals surface area (Å²) in [5.74, 6) is 2.27. The van der Waals surface area contributed by atoms with Crippen LogP contribution in [-0.2, 0) is 5.41 Å². The zero-order chi connectivity index (χ0) is 14.6. The van der Waals surface area contributed by atoms with Crippen molar-refractivity contribution in [2.45, 2.75) is 91.4 Å². The van der Waals surface area contributed by atoms with Gasteiger partial charge in [-0.25, -0.2) is 4.98 Å². The van der Waals surface area contributed by atoms with Crippen molar-refractivity contribution < 1.29 is 0 Å². The van der Waals surface area contributed by atoms with Crippen LogP contribution in [0.5, 0.6) is 0 Å². The zero-order valence-electron chi connectivity index (χ0n) is 13.9. The summed E-state index contributed by atoms with van der Waals surface area (Å²) in [6, 6.07) is 0. The Balaban J connectivity index is 3.23. The number of hydrogen-bond donors (Lipinski definition) is 1. The third kappa shape index (κ3) is 3.61. The lowest BCUT2D eigenvalue weighted by Crippen LogP contribution is -2.20. The predicted molar refractivity (Wildman–Crippen MR) is 83.9 cm³/mol. The summed E-state index contributed by atoms with van der Waals surface area (Å²) in [6.45, 7) is 16.0. The summed E-state index contributed by atoms with van der Waals surface area (Å²) in [4.78, 5) is 8.62. The number of nitrogens with one attached hydrogen (secondary N) is 1. The second kappa shape index (κ2) is 6.58. The van der Waals surface area contributed by atoms with E-state index in [9.17, 15) is 0 Å². The number of rotatable bonds is 7. The molecule has 0 saturated carbocycles. The van der Waals surface area contributed by atoms with Crippen molar-refractivity contribution in [2.24, 2.45) is 0 Å². The minimum atomic E-state index is 0.176. The number of aromatic nitrogens is 2. The van der Waals surface area contributed by atoms with Gasteiger partial charge in [-0.15, -0.1) is 0 Å². The van der Waals surface area contributed by atoms with Gasteiger partial charge in [0.1, 0.15) is 5.82 Å². The highest BCUT2D eigenvalue weighted by atomic mass is 15.0. The van der Waals surface area contributed by atoms with Gasteiger partial charge in [0.15, 0.2) is 0 Å². The molecule has 1 rings (SSSR count). The second-order valence-corrected chi connectivity index (χ2v) is 6.64. The Morgan fingerprint density at radius 2 is 1.63 bits per heavy atom. The average molecular weight is 264 g/mol. The van der Waals surface area contributed by atoms with E-state index in [2.05, 4.69) is 53.5 Å². The highest BCUT2D eigenvalue weighted by molar-refractivity contribution is 5.27. The van der Waals surface area contributed by atoms with Crippen LogP contribution in [0.15, 0.2) is 0 Å². The fourth-order valence-electron chi connectivity index (χ4n) is 2.65. The van der Waals surface area contributed by atoms with E-state index in [-0.39, 0.29) is 5.41 Å². The van der Waals surface area contributed by atoms with Crippen LogP contribution in [0.25, 0.3) is 0 Å². The molecular formula is C17H32N2. The summed E-state index contributed by atoms with van der Waals surface area (Å²) < 4.78 is 0. The van der Waals surface area contributed by atoms with Gasteiger partial charge < -0.3 is 4.98 Å². The van der Waals surface area contributed by atoms with Gasteiger partial charge in [-0.1, -0.05) is 54.9 Å². The number of imidazole rings is 1. The highest BCUT2D eigenvalue weighted by Gasteiger charge is 2.29. The van der Waals surface area contributed by atoms with Crippen molar-refractivity contribution in [3.8, 4) is 0 Å². The molecule has 0 radical (unpaired) electrons. The van der Waals surface area contributed by atoms with Crippen LogP contribution in [0.2, 0.25) is 0 Å². The van der Waals surface area contributed by atoms with Crippen LogP contribution >= 0.6 is 0 Å². The smallest absolute Gasteiger partial charge is 0.109 e. The number of hydrogen-bond acceptors (Lipinski definition) is 1. The molecule has 2 atom stereocenters. The van der Waals surface area contributed by atoms with E-state index in [0.29, 0.717) is 11.8 Å². The Morgan fingerprint density at radius 1 is 1.05 bits per heavy atom. The standard InChI is InChI=1S/C17H32N2/c1-8-11-17(6,7)15-14(12(4)9-2)18-16(19-15)13(5)10-3/h12-13H,8-11H2,1-7H3,(H,18,19). The second-order valence-electron chi connectivity index (χ2n) is 6.64. The fraction of sp³-hybridized carbons (Fsp3) is 0.824. The van der Waals surface area contributed by atoms with E-state index in [1.165, 1.54) is 30.1 Å². The highest BCUT2D eigenvalue weighted by Crippen LogP contribution is 2.35. The molecule has 2 heteroatoms. The molecule has 0 aliphatic carbocycles. The van der Waals surface area contributed by atoms with Gasteiger partial charge >= 0.3 is 0 Å². The number of H-pyrrole nitrogens is 1. The van der Waals surface area contributed by atoms with Crippen LogP contribution in [0.3, 0.4) is 0 Å². The first-order chi connectivity index (χ1) is 8.87. The third-order valence-corrected chi connectivity index (χ3v) is 4.45. The largest absolute Gasteiger partial charge is 0.345 e. The quantitative estimate of drug-likeness (QED) is 0.690. The van der Waals surface area contributed by atoms with Crippen molar-refractivity contribution in [3.05, 3.63) is 17.2 Å². The maximum absolute atomic E-state index is 4.98. The summed E-state index contributed by atoms with van der Waals surface area (Å²) in [6.07, 6.45) is 4.71. The van der Waals surface area contributed by atoms with E-state index in [0.717, 1.165) is 12.8 Å². The monoisotopic (exact) mass is 264 g/mol. The topological polar surface area (TPSA) is 28.7 Å². The molecule has 2 nitrogen and oxygen atoms in total. The molecule has 1 heterocycles. The van der Waals surface area contributed by atoms with Gasteiger partial charge in [-0.2, -0.15) is 0 Å². The maximum Gasteiger partial charge on any atom is 0.109 e. The Bertz CT molecular complexity index is 390. The minimum Gasteiger partial charge on any atom is -0.345 e. The van der Waals surface area contributed by atoms with Crippen molar-refractivity contribution in [1.29, 1.82) is 0 Å². The summed E-state index contributed by atoms with van der Waals surface area (Å²) in [5, 5.41) is 0. The SMILES string of the molecule is CCCC(C)(C)c1nc(C(C)CC)[nH]c1C(C)CC. The first kappa shape index (κ1) is 16.3. The summed E-state index contributed by atoms with van der Waals surface area (Å²) >= 11 is 0. The van der Waals surface area contributed by atoms with E-state index >= 15 is 0 Å². The maximum atomic E-state index is 4.98. The summed E-state index contributed by atoms with van der Waals surface area (Å²) in [5.41, 5.74) is 2.85. The van der Waals surface area contributed by atoms with Crippen LogP contribution in [0.1, 0.15) is 103 Å². The van der Waals surface area contributed by atoms with Gasteiger partial charge in [0, 0.05) is 17.0 Å². The summed E-state index contributed by atoms with van der Waals surface area (Å²) in [7, 11) is 0. The molecule has 0 amide bonds. The van der Waals surface area contributed by atoms with Crippen LogP contribution in [-0.4, -0.2) is 9.97 Å². The number of aromatic amines is 1. The predicted octanol–water partition coefficient (Wildman–Crippen LogP) is 5.51. The van der Waals surface area contributed by atoms with E-state index in [1.807, 2.05) is 0 Å². The lowest BCUT2D eigenvalue weighted by Gasteiger charge is -2.24. The molecule has 0 fully saturated rings. The Kier molecular flexibility index (Phi) is 5.64. The Morgan fingerprint density at radius 3 is 2.11 bits per heavy atom. The molecular weight excluding hydrogens is 232 g/mol. The van der Waals surface area contributed by atoms with Gasteiger partial charge in [0.25, 0.3) is 0 Å². The first-order valence-electron chi connectivity index (χ1n) is 7.97.